The van der Waals surface area contributed by atoms with Crippen molar-refractivity contribution >= 4 is 18.0 Å². The number of nitrogens with zero attached hydrogens (tertiary/aromatic N) is 2. The highest BCUT2D eigenvalue weighted by atomic mass is 16.2. The van der Waals surface area contributed by atoms with Crippen molar-refractivity contribution in [3.63, 3.8) is 0 Å². The van der Waals surface area contributed by atoms with Crippen LogP contribution in [0.3, 0.4) is 0 Å². The van der Waals surface area contributed by atoms with Crippen molar-refractivity contribution in [3.05, 3.63) is 58.5 Å². The van der Waals surface area contributed by atoms with Crippen LogP contribution in [-0.2, 0) is 10.2 Å². The molecule has 5 nitrogen and oxygen atoms in total. The molecule has 5 heteroatoms. The quantitative estimate of drug-likeness (QED) is 0.619. The number of nitrogens with one attached hydrogen (secondary N) is 1. The van der Waals surface area contributed by atoms with E-state index in [1.807, 2.05) is 26.8 Å². The lowest BCUT2D eigenvalue weighted by molar-refractivity contribution is -0.122. The summed E-state index contributed by atoms with van der Waals surface area (Å²) in [6.45, 7) is 13.1. The van der Waals surface area contributed by atoms with Gasteiger partial charge < -0.3 is 9.88 Å². The van der Waals surface area contributed by atoms with E-state index in [-0.39, 0.29) is 17.4 Å². The summed E-state index contributed by atoms with van der Waals surface area (Å²) in [4.78, 5) is 25.8. The van der Waals surface area contributed by atoms with Gasteiger partial charge in [0.1, 0.15) is 5.70 Å². The highest BCUT2D eigenvalue weighted by Gasteiger charge is 2.32. The van der Waals surface area contributed by atoms with E-state index in [1.165, 1.54) is 10.5 Å². The van der Waals surface area contributed by atoms with Crippen molar-refractivity contribution < 1.29 is 9.59 Å². The van der Waals surface area contributed by atoms with Gasteiger partial charge in [-0.15, -0.1) is 0 Å². The highest BCUT2D eigenvalue weighted by molar-refractivity contribution is 6.14. The topological polar surface area (TPSA) is 54.3 Å². The number of hydrogen-bond acceptors (Lipinski definition) is 2. The third-order valence-electron chi connectivity index (χ3n) is 5.17. The minimum Gasteiger partial charge on any atom is -0.318 e. The lowest BCUT2D eigenvalue weighted by Crippen LogP contribution is -2.31. The standard InChI is InChI=1S/C23H29N3O2/c1-7-12-25-21(27)20(24-22(25)28)14-17-13-15(2)26(16(17)3)19-10-8-18(9-11-19)23(4,5)6/h8-11,13-14H,7,12H2,1-6H3,(H,24,28)/b20-14+. The number of carbonyl (C=O) groups excluding carboxylic acids is 2. The minimum atomic E-state index is -0.343. The molecule has 148 valence electrons. The fourth-order valence-corrected chi connectivity index (χ4v) is 3.60. The van der Waals surface area contributed by atoms with Crippen LogP contribution in [0.4, 0.5) is 4.79 Å². The van der Waals surface area contributed by atoms with Gasteiger partial charge in [0.25, 0.3) is 5.91 Å². The Labute approximate surface area is 167 Å². The van der Waals surface area contributed by atoms with Gasteiger partial charge in [0.15, 0.2) is 0 Å². The number of imide groups is 1. The summed E-state index contributed by atoms with van der Waals surface area (Å²) >= 11 is 0. The van der Waals surface area contributed by atoms with Gasteiger partial charge in [0.05, 0.1) is 0 Å². The molecule has 0 spiro atoms. The van der Waals surface area contributed by atoms with Crippen LogP contribution in [0.25, 0.3) is 11.8 Å². The molecule has 0 atom stereocenters. The van der Waals surface area contributed by atoms with E-state index in [1.54, 1.807) is 6.08 Å². The number of amides is 3. The smallest absolute Gasteiger partial charge is 0.318 e. The van der Waals surface area contributed by atoms with E-state index in [4.69, 9.17) is 0 Å². The predicted octanol–water partition coefficient (Wildman–Crippen LogP) is 4.69. The Kier molecular flexibility index (Phi) is 5.20. The van der Waals surface area contributed by atoms with E-state index >= 15 is 0 Å². The Bertz CT molecular complexity index is 943. The van der Waals surface area contributed by atoms with Gasteiger partial charge in [0, 0.05) is 23.6 Å². The molecule has 1 aliphatic rings. The molecule has 0 bridgehead atoms. The van der Waals surface area contributed by atoms with Gasteiger partial charge in [-0.2, -0.15) is 0 Å². The Morgan fingerprint density at radius 1 is 1.07 bits per heavy atom. The number of urea groups is 1. The summed E-state index contributed by atoms with van der Waals surface area (Å²) in [6, 6.07) is 10.3. The molecule has 0 aliphatic carbocycles. The molecular formula is C23H29N3O2. The first-order chi connectivity index (χ1) is 13.1. The monoisotopic (exact) mass is 379 g/mol. The Morgan fingerprint density at radius 2 is 1.71 bits per heavy atom. The number of benzene rings is 1. The van der Waals surface area contributed by atoms with Gasteiger partial charge >= 0.3 is 6.03 Å². The number of carbonyl (C=O) groups is 2. The van der Waals surface area contributed by atoms with Crippen LogP contribution >= 0.6 is 0 Å². The average Bonchev–Trinajstić information content (AvgIpc) is 3.05. The zero-order valence-corrected chi connectivity index (χ0v) is 17.6. The molecule has 28 heavy (non-hydrogen) atoms. The van der Waals surface area contributed by atoms with Gasteiger partial charge in [-0.3, -0.25) is 9.69 Å². The lowest BCUT2D eigenvalue weighted by atomic mass is 9.87. The first-order valence-electron chi connectivity index (χ1n) is 9.78. The fourth-order valence-electron chi connectivity index (χ4n) is 3.60. The van der Waals surface area contributed by atoms with Crippen LogP contribution in [0.15, 0.2) is 36.0 Å². The third-order valence-corrected chi connectivity index (χ3v) is 5.17. The molecular weight excluding hydrogens is 350 g/mol. The molecule has 1 aromatic carbocycles. The molecule has 3 amide bonds. The Hall–Kier alpha value is -2.82. The van der Waals surface area contributed by atoms with Crippen molar-refractivity contribution in [2.45, 2.75) is 53.4 Å². The van der Waals surface area contributed by atoms with Gasteiger partial charge in [-0.25, -0.2) is 4.79 Å². The number of aromatic nitrogens is 1. The van der Waals surface area contributed by atoms with E-state index in [2.05, 4.69) is 54.9 Å². The number of hydrogen-bond donors (Lipinski definition) is 1. The largest absolute Gasteiger partial charge is 0.329 e. The summed E-state index contributed by atoms with van der Waals surface area (Å²) in [7, 11) is 0. The average molecular weight is 380 g/mol. The normalized spacial score (nSPS) is 16.2. The molecule has 1 aromatic heterocycles. The third kappa shape index (κ3) is 3.61. The molecule has 1 fully saturated rings. The lowest BCUT2D eigenvalue weighted by Gasteiger charge is -2.20. The molecule has 0 saturated carbocycles. The second-order valence-corrected chi connectivity index (χ2v) is 8.40. The van der Waals surface area contributed by atoms with Crippen molar-refractivity contribution in [1.29, 1.82) is 0 Å². The minimum absolute atomic E-state index is 0.111. The maximum Gasteiger partial charge on any atom is 0.329 e. The molecule has 1 aliphatic heterocycles. The van der Waals surface area contributed by atoms with Crippen LogP contribution in [0.2, 0.25) is 0 Å². The van der Waals surface area contributed by atoms with Gasteiger partial charge in [-0.1, -0.05) is 39.8 Å². The molecule has 2 aromatic rings. The van der Waals surface area contributed by atoms with Crippen LogP contribution in [0.5, 0.6) is 0 Å². The zero-order chi connectivity index (χ0) is 20.6. The van der Waals surface area contributed by atoms with Crippen molar-refractivity contribution in [3.8, 4) is 5.69 Å². The van der Waals surface area contributed by atoms with Crippen LogP contribution in [-0.4, -0.2) is 28.0 Å². The fraction of sp³-hybridized carbons (Fsp3) is 0.391. The predicted molar refractivity (Wildman–Crippen MR) is 112 cm³/mol. The second-order valence-electron chi connectivity index (χ2n) is 8.40. The van der Waals surface area contributed by atoms with E-state index < -0.39 is 0 Å². The molecule has 3 rings (SSSR count). The molecule has 1 N–H and O–H groups in total. The maximum absolute atomic E-state index is 12.5. The Morgan fingerprint density at radius 3 is 2.29 bits per heavy atom. The zero-order valence-electron chi connectivity index (χ0n) is 17.6. The Balaban J connectivity index is 1.95. The van der Waals surface area contributed by atoms with E-state index in [9.17, 15) is 9.59 Å². The number of rotatable bonds is 4. The van der Waals surface area contributed by atoms with E-state index in [0.29, 0.717) is 12.2 Å². The summed E-state index contributed by atoms with van der Waals surface area (Å²) < 4.78 is 2.17. The number of aryl methyl sites for hydroxylation is 1. The maximum atomic E-state index is 12.5. The summed E-state index contributed by atoms with van der Waals surface area (Å²) in [5.74, 6) is -0.258. The van der Waals surface area contributed by atoms with Crippen molar-refractivity contribution in [2.75, 3.05) is 6.54 Å². The molecule has 2 heterocycles. The first kappa shape index (κ1) is 19.9. The summed E-state index contributed by atoms with van der Waals surface area (Å²) in [5.41, 5.74) is 5.86. The van der Waals surface area contributed by atoms with Crippen LogP contribution < -0.4 is 5.32 Å². The SMILES string of the molecule is CCCN1C(=O)N/C(=C/c2cc(C)n(-c3ccc(C(C)(C)C)cc3)c2C)C1=O. The summed E-state index contributed by atoms with van der Waals surface area (Å²) in [5, 5.41) is 2.70. The van der Waals surface area contributed by atoms with Crippen LogP contribution in [0, 0.1) is 13.8 Å². The van der Waals surface area contributed by atoms with Crippen molar-refractivity contribution in [2.24, 2.45) is 0 Å². The molecule has 0 radical (unpaired) electrons. The van der Waals surface area contributed by atoms with Crippen LogP contribution in [0.1, 0.15) is 56.6 Å². The van der Waals surface area contributed by atoms with Gasteiger partial charge in [-0.05, 0) is 61.1 Å². The molecule has 0 unspecified atom stereocenters. The highest BCUT2D eigenvalue weighted by Crippen LogP contribution is 2.27. The van der Waals surface area contributed by atoms with Gasteiger partial charge in [0.2, 0.25) is 0 Å². The summed E-state index contributed by atoms with van der Waals surface area (Å²) in [6.07, 6.45) is 2.52. The van der Waals surface area contributed by atoms with E-state index in [0.717, 1.165) is 29.1 Å². The second kappa shape index (κ2) is 7.30. The van der Waals surface area contributed by atoms with Crippen molar-refractivity contribution in [1.82, 2.24) is 14.8 Å². The molecule has 1 saturated heterocycles. The first-order valence-corrected chi connectivity index (χ1v) is 9.78.